The minimum atomic E-state index is -3.86. The predicted molar refractivity (Wildman–Crippen MR) is 78.3 cm³/mol. The van der Waals surface area contributed by atoms with Gasteiger partial charge in [-0.2, -0.15) is 0 Å². The lowest BCUT2D eigenvalue weighted by Crippen LogP contribution is -2.23. The van der Waals surface area contributed by atoms with Crippen molar-refractivity contribution in [3.63, 3.8) is 0 Å². The van der Waals surface area contributed by atoms with Gasteiger partial charge in [-0.3, -0.25) is 4.79 Å². The molecule has 0 aliphatic carbocycles. The molecule has 0 aliphatic rings. The monoisotopic (exact) mass is 307 g/mol. The molecule has 0 radical (unpaired) electrons. The Kier molecular flexibility index (Phi) is 4.37. The second-order valence-electron chi connectivity index (χ2n) is 4.63. The standard InChI is InChI=1S/C15H14FNO3S/c1-11-4-2-6-13(8-11)17-15(18)10-21(19,20)14-7-3-5-12(16)9-14/h2-9H,10H2,1H3,(H,17,18). The van der Waals surface area contributed by atoms with E-state index in [1.165, 1.54) is 12.1 Å². The van der Waals surface area contributed by atoms with Crippen LogP contribution in [0.25, 0.3) is 0 Å². The summed E-state index contributed by atoms with van der Waals surface area (Å²) >= 11 is 0. The van der Waals surface area contributed by atoms with Crippen molar-refractivity contribution >= 4 is 21.4 Å². The first-order chi connectivity index (χ1) is 9.87. The van der Waals surface area contributed by atoms with Gasteiger partial charge in [-0.25, -0.2) is 12.8 Å². The fraction of sp³-hybridized carbons (Fsp3) is 0.133. The van der Waals surface area contributed by atoms with Crippen molar-refractivity contribution in [2.75, 3.05) is 11.1 Å². The third-order valence-electron chi connectivity index (χ3n) is 2.78. The van der Waals surface area contributed by atoms with Crippen LogP contribution in [0.3, 0.4) is 0 Å². The van der Waals surface area contributed by atoms with Crippen LogP contribution in [0.2, 0.25) is 0 Å². The number of hydrogen-bond acceptors (Lipinski definition) is 3. The van der Waals surface area contributed by atoms with Gasteiger partial charge in [0.05, 0.1) is 4.90 Å². The molecule has 21 heavy (non-hydrogen) atoms. The van der Waals surface area contributed by atoms with Gasteiger partial charge in [0.1, 0.15) is 11.6 Å². The van der Waals surface area contributed by atoms with E-state index in [1.807, 2.05) is 13.0 Å². The van der Waals surface area contributed by atoms with Crippen LogP contribution in [0.1, 0.15) is 5.56 Å². The highest BCUT2D eigenvalue weighted by molar-refractivity contribution is 7.92. The van der Waals surface area contributed by atoms with Gasteiger partial charge in [-0.15, -0.1) is 0 Å². The molecule has 0 heterocycles. The molecule has 0 aliphatic heterocycles. The summed E-state index contributed by atoms with van der Waals surface area (Å²) in [5.41, 5.74) is 1.47. The smallest absolute Gasteiger partial charge is 0.239 e. The molecule has 0 saturated heterocycles. The third-order valence-corrected chi connectivity index (χ3v) is 4.39. The Labute approximate surface area is 122 Å². The van der Waals surface area contributed by atoms with Crippen LogP contribution in [-0.2, 0) is 14.6 Å². The summed E-state index contributed by atoms with van der Waals surface area (Å²) in [6.07, 6.45) is 0. The summed E-state index contributed by atoms with van der Waals surface area (Å²) in [5.74, 6) is -2.05. The molecule has 0 atom stereocenters. The minimum Gasteiger partial charge on any atom is -0.325 e. The molecule has 1 amide bonds. The average molecular weight is 307 g/mol. The number of halogens is 1. The maximum absolute atomic E-state index is 13.1. The van der Waals surface area contributed by atoms with Crippen molar-refractivity contribution < 1.29 is 17.6 Å². The number of benzene rings is 2. The molecule has 2 aromatic carbocycles. The van der Waals surface area contributed by atoms with Gasteiger partial charge >= 0.3 is 0 Å². The number of rotatable bonds is 4. The zero-order chi connectivity index (χ0) is 15.5. The molecular formula is C15H14FNO3S. The molecule has 0 unspecified atom stereocenters. The Morgan fingerprint density at radius 3 is 2.52 bits per heavy atom. The number of carbonyl (C=O) groups is 1. The highest BCUT2D eigenvalue weighted by Gasteiger charge is 2.19. The van der Waals surface area contributed by atoms with E-state index in [9.17, 15) is 17.6 Å². The van der Waals surface area contributed by atoms with Gasteiger partial charge < -0.3 is 5.32 Å². The molecule has 6 heteroatoms. The molecule has 4 nitrogen and oxygen atoms in total. The Hall–Kier alpha value is -2.21. The molecule has 0 spiro atoms. The van der Waals surface area contributed by atoms with Crippen LogP contribution in [0.15, 0.2) is 53.4 Å². The van der Waals surface area contributed by atoms with Crippen molar-refractivity contribution in [1.29, 1.82) is 0 Å². The molecule has 0 aromatic heterocycles. The van der Waals surface area contributed by atoms with E-state index in [0.717, 1.165) is 17.7 Å². The van der Waals surface area contributed by atoms with Gasteiger partial charge in [0.25, 0.3) is 0 Å². The quantitative estimate of drug-likeness (QED) is 0.944. The molecule has 110 valence electrons. The lowest BCUT2D eigenvalue weighted by molar-refractivity contribution is -0.113. The summed E-state index contributed by atoms with van der Waals surface area (Å²) in [6, 6.07) is 11.6. The van der Waals surface area contributed by atoms with E-state index in [1.54, 1.807) is 18.2 Å². The molecule has 0 fully saturated rings. The van der Waals surface area contributed by atoms with Crippen molar-refractivity contribution in [2.45, 2.75) is 11.8 Å². The van der Waals surface area contributed by atoms with Crippen LogP contribution in [0.5, 0.6) is 0 Å². The largest absolute Gasteiger partial charge is 0.325 e. The first-order valence-electron chi connectivity index (χ1n) is 6.22. The first-order valence-corrected chi connectivity index (χ1v) is 7.87. The summed E-state index contributed by atoms with van der Waals surface area (Å²) in [7, 11) is -3.86. The van der Waals surface area contributed by atoms with E-state index < -0.39 is 27.3 Å². The molecule has 0 bridgehead atoms. The Morgan fingerprint density at radius 2 is 1.86 bits per heavy atom. The first kappa shape index (κ1) is 15.2. The lowest BCUT2D eigenvalue weighted by Gasteiger charge is -2.07. The number of amides is 1. The zero-order valence-electron chi connectivity index (χ0n) is 11.3. The zero-order valence-corrected chi connectivity index (χ0v) is 12.2. The molecule has 2 aromatic rings. The van der Waals surface area contributed by atoms with Crippen LogP contribution in [0.4, 0.5) is 10.1 Å². The van der Waals surface area contributed by atoms with Crippen LogP contribution >= 0.6 is 0 Å². The summed E-state index contributed by atoms with van der Waals surface area (Å²) in [6.45, 7) is 1.86. The van der Waals surface area contributed by atoms with Gasteiger partial charge in [0, 0.05) is 5.69 Å². The summed E-state index contributed by atoms with van der Waals surface area (Å²) < 4.78 is 37.1. The van der Waals surface area contributed by atoms with Gasteiger partial charge in [-0.05, 0) is 42.8 Å². The number of aryl methyl sites for hydroxylation is 1. The van der Waals surface area contributed by atoms with E-state index in [4.69, 9.17) is 0 Å². The lowest BCUT2D eigenvalue weighted by atomic mass is 10.2. The Balaban J connectivity index is 2.12. The van der Waals surface area contributed by atoms with Gasteiger partial charge in [-0.1, -0.05) is 18.2 Å². The number of anilines is 1. The van der Waals surface area contributed by atoms with Crippen molar-refractivity contribution in [3.05, 3.63) is 59.9 Å². The fourth-order valence-corrected chi connectivity index (χ4v) is 3.00. The van der Waals surface area contributed by atoms with E-state index >= 15 is 0 Å². The molecule has 0 saturated carbocycles. The number of sulfone groups is 1. The SMILES string of the molecule is Cc1cccc(NC(=O)CS(=O)(=O)c2cccc(F)c2)c1. The molecular weight excluding hydrogens is 293 g/mol. The van der Waals surface area contributed by atoms with Crippen molar-refractivity contribution in [1.82, 2.24) is 0 Å². The average Bonchev–Trinajstić information content (AvgIpc) is 2.37. The van der Waals surface area contributed by atoms with Crippen molar-refractivity contribution in [2.24, 2.45) is 0 Å². The number of hydrogen-bond donors (Lipinski definition) is 1. The highest BCUT2D eigenvalue weighted by Crippen LogP contribution is 2.14. The summed E-state index contributed by atoms with van der Waals surface area (Å²) in [4.78, 5) is 11.6. The fourth-order valence-electron chi connectivity index (χ4n) is 1.84. The Bertz CT molecular complexity index is 772. The maximum atomic E-state index is 13.1. The topological polar surface area (TPSA) is 63.2 Å². The van der Waals surface area contributed by atoms with Crippen molar-refractivity contribution in [3.8, 4) is 0 Å². The summed E-state index contributed by atoms with van der Waals surface area (Å²) in [5, 5.41) is 2.51. The van der Waals surface area contributed by atoms with Crippen LogP contribution in [0, 0.1) is 12.7 Å². The number of nitrogens with one attached hydrogen (secondary N) is 1. The van der Waals surface area contributed by atoms with E-state index in [-0.39, 0.29) is 4.90 Å². The van der Waals surface area contributed by atoms with Crippen LogP contribution < -0.4 is 5.32 Å². The maximum Gasteiger partial charge on any atom is 0.239 e. The van der Waals surface area contributed by atoms with Crippen LogP contribution in [-0.4, -0.2) is 20.1 Å². The third kappa shape index (κ3) is 4.13. The van der Waals surface area contributed by atoms with E-state index in [0.29, 0.717) is 5.69 Å². The number of carbonyl (C=O) groups excluding carboxylic acids is 1. The molecule has 2 rings (SSSR count). The van der Waals surface area contributed by atoms with Gasteiger partial charge in [0.15, 0.2) is 9.84 Å². The second-order valence-corrected chi connectivity index (χ2v) is 6.62. The second kappa shape index (κ2) is 6.05. The Morgan fingerprint density at radius 1 is 1.14 bits per heavy atom. The van der Waals surface area contributed by atoms with E-state index in [2.05, 4.69) is 5.32 Å². The normalized spacial score (nSPS) is 11.1. The minimum absolute atomic E-state index is 0.207. The molecule has 1 N–H and O–H groups in total. The predicted octanol–water partition coefficient (Wildman–Crippen LogP) is 2.55. The highest BCUT2D eigenvalue weighted by atomic mass is 32.2. The van der Waals surface area contributed by atoms with Gasteiger partial charge in [0.2, 0.25) is 5.91 Å².